The molecule has 0 amide bonds. The third-order valence-corrected chi connectivity index (χ3v) is 3.20. The van der Waals surface area contributed by atoms with Crippen molar-refractivity contribution in [3.05, 3.63) is 28.2 Å². The number of nitrogens with one attached hydrogen (secondary N) is 1. The lowest BCUT2D eigenvalue weighted by molar-refractivity contribution is -0.0551. The van der Waals surface area contributed by atoms with Gasteiger partial charge in [-0.2, -0.15) is 0 Å². The monoisotopic (exact) mass is 275 g/mol. The van der Waals surface area contributed by atoms with Crippen molar-refractivity contribution in [2.45, 2.75) is 24.5 Å². The molecule has 0 radical (unpaired) electrons. The molecule has 1 aromatic heterocycles. The molecule has 2 heterocycles. The molecule has 8 nitrogen and oxygen atoms in total. The van der Waals surface area contributed by atoms with Gasteiger partial charge < -0.3 is 20.1 Å². The Bertz CT molecular complexity index is 556. The fraction of sp³-hybridized carbons (Fsp3) is 0.556. The van der Waals surface area contributed by atoms with E-state index in [0.29, 0.717) is 0 Å². The first-order chi connectivity index (χ1) is 8.47. The van der Waals surface area contributed by atoms with Crippen molar-refractivity contribution >= 4 is 12.8 Å². The molecule has 4 atom stereocenters. The van der Waals surface area contributed by atoms with E-state index >= 15 is 0 Å². The second-order valence-corrected chi connectivity index (χ2v) is 4.33. The summed E-state index contributed by atoms with van der Waals surface area (Å²) in [5.74, 6) is 0. The molecule has 0 aliphatic carbocycles. The lowest BCUT2D eigenvalue weighted by atomic mass is 10.1. The minimum atomic E-state index is -1.34. The van der Waals surface area contributed by atoms with Gasteiger partial charge >= 0.3 is 5.69 Å². The molecule has 4 N–H and O–H groups in total. The van der Waals surface area contributed by atoms with E-state index in [4.69, 9.17) is 15.3 Å². The third-order valence-electron chi connectivity index (χ3n) is 2.81. The number of thiol groups is 1. The van der Waals surface area contributed by atoms with E-state index in [1.165, 1.54) is 12.3 Å². The zero-order valence-electron chi connectivity index (χ0n) is 9.17. The topological polar surface area (TPSA) is 121 Å². The van der Waals surface area contributed by atoms with Crippen LogP contribution in [0.2, 0.25) is 0 Å². The molecule has 1 aliphatic heterocycles. The van der Waals surface area contributed by atoms with Crippen molar-refractivity contribution in [3.8, 4) is 0 Å². The maximum atomic E-state index is 11.8. The van der Waals surface area contributed by atoms with Crippen LogP contribution in [-0.2, 0) is 4.74 Å². The SMILES string of the molecule is N=c1ccn([C@@H]2O[C@H](CO)[C@@H](O)[C@H]2O)c(=O)n1S. The summed E-state index contributed by atoms with van der Waals surface area (Å²) >= 11 is 3.82. The Kier molecular flexibility index (Phi) is 3.59. The average Bonchev–Trinajstić information content (AvgIpc) is 2.64. The van der Waals surface area contributed by atoms with Crippen LogP contribution in [0.25, 0.3) is 0 Å². The van der Waals surface area contributed by atoms with Crippen molar-refractivity contribution < 1.29 is 20.1 Å². The third kappa shape index (κ3) is 1.99. The Labute approximate surface area is 107 Å². The normalized spacial score (nSPS) is 31.8. The Hall–Kier alpha value is -1.13. The molecule has 9 heteroatoms. The zero-order valence-corrected chi connectivity index (χ0v) is 10.1. The molecule has 1 fully saturated rings. The summed E-state index contributed by atoms with van der Waals surface area (Å²) in [6.45, 7) is -0.471. The number of rotatable bonds is 2. The number of hydrogen-bond donors (Lipinski definition) is 5. The Morgan fingerprint density at radius 1 is 1.44 bits per heavy atom. The van der Waals surface area contributed by atoms with Crippen molar-refractivity contribution in [2.24, 2.45) is 0 Å². The molecule has 0 aromatic carbocycles. The van der Waals surface area contributed by atoms with Crippen LogP contribution >= 0.6 is 12.8 Å². The summed E-state index contributed by atoms with van der Waals surface area (Å²) in [6.07, 6.45) is -3.44. The molecule has 0 unspecified atom stereocenters. The number of aromatic nitrogens is 2. The standard InChI is InChI=1S/C9H13N3O5S/c10-5-1-2-11(9(16)12(5)18)8-7(15)6(14)4(3-13)17-8/h1-2,4,6-8,10,13-15,18H,3H2/t4-,6-,7-,8-/m1/s1. The van der Waals surface area contributed by atoms with Crippen LogP contribution in [0.3, 0.4) is 0 Å². The maximum absolute atomic E-state index is 11.8. The summed E-state index contributed by atoms with van der Waals surface area (Å²) in [7, 11) is 0. The smallest absolute Gasteiger partial charge is 0.342 e. The van der Waals surface area contributed by atoms with E-state index in [-0.39, 0.29) is 5.49 Å². The van der Waals surface area contributed by atoms with E-state index in [0.717, 1.165) is 8.54 Å². The van der Waals surface area contributed by atoms with E-state index in [1.807, 2.05) is 0 Å². The molecule has 100 valence electrons. The lowest BCUT2D eigenvalue weighted by Crippen LogP contribution is -2.40. The quantitative estimate of drug-likeness (QED) is 0.380. The molecule has 0 spiro atoms. The van der Waals surface area contributed by atoms with Gasteiger partial charge in [0.25, 0.3) is 0 Å². The van der Waals surface area contributed by atoms with Gasteiger partial charge in [0, 0.05) is 6.20 Å². The molecule has 1 saturated heterocycles. The van der Waals surface area contributed by atoms with Crippen LogP contribution in [0.5, 0.6) is 0 Å². The summed E-state index contributed by atoms with van der Waals surface area (Å²) in [5, 5.41) is 35.7. The Morgan fingerprint density at radius 2 is 2.11 bits per heavy atom. The van der Waals surface area contributed by atoms with Gasteiger partial charge in [-0.05, 0) is 6.07 Å². The van der Waals surface area contributed by atoms with Gasteiger partial charge in [-0.1, -0.05) is 12.8 Å². The second kappa shape index (κ2) is 4.86. The molecule has 1 aromatic rings. The van der Waals surface area contributed by atoms with Gasteiger partial charge in [0.05, 0.1) is 6.61 Å². The number of ether oxygens (including phenoxy) is 1. The fourth-order valence-corrected chi connectivity index (χ4v) is 1.97. The van der Waals surface area contributed by atoms with Crippen molar-refractivity contribution in [2.75, 3.05) is 6.61 Å². The van der Waals surface area contributed by atoms with Crippen LogP contribution < -0.4 is 11.2 Å². The van der Waals surface area contributed by atoms with Crippen LogP contribution in [0.15, 0.2) is 17.1 Å². The highest BCUT2D eigenvalue weighted by Gasteiger charge is 2.43. The fourth-order valence-electron chi connectivity index (χ4n) is 1.80. The van der Waals surface area contributed by atoms with Crippen LogP contribution in [0, 0.1) is 5.41 Å². The number of nitrogens with zero attached hydrogens (tertiary/aromatic N) is 2. The largest absolute Gasteiger partial charge is 0.394 e. The minimum Gasteiger partial charge on any atom is -0.394 e. The molecule has 0 bridgehead atoms. The van der Waals surface area contributed by atoms with E-state index in [2.05, 4.69) is 12.8 Å². The van der Waals surface area contributed by atoms with Crippen molar-refractivity contribution in [1.29, 1.82) is 5.41 Å². The van der Waals surface area contributed by atoms with Gasteiger partial charge in [0.15, 0.2) is 6.23 Å². The Morgan fingerprint density at radius 3 is 2.67 bits per heavy atom. The molecular formula is C9H13N3O5S. The Balaban J connectivity index is 2.42. The van der Waals surface area contributed by atoms with E-state index in [9.17, 15) is 15.0 Å². The van der Waals surface area contributed by atoms with Gasteiger partial charge in [-0.25, -0.2) is 8.77 Å². The van der Waals surface area contributed by atoms with Crippen LogP contribution in [0.4, 0.5) is 0 Å². The van der Waals surface area contributed by atoms with Gasteiger partial charge in [0.1, 0.15) is 23.8 Å². The summed E-state index contributed by atoms with van der Waals surface area (Å²) in [6, 6.07) is 1.29. The first-order valence-corrected chi connectivity index (χ1v) is 5.58. The minimum absolute atomic E-state index is 0.119. The molecule has 2 rings (SSSR count). The highest BCUT2D eigenvalue weighted by molar-refractivity contribution is 7.78. The maximum Gasteiger partial charge on any atom is 0.342 e. The van der Waals surface area contributed by atoms with Crippen molar-refractivity contribution in [3.63, 3.8) is 0 Å². The second-order valence-electron chi connectivity index (χ2n) is 3.93. The van der Waals surface area contributed by atoms with E-state index < -0.39 is 36.8 Å². The summed E-state index contributed by atoms with van der Waals surface area (Å²) in [5.41, 5.74) is -0.799. The van der Waals surface area contributed by atoms with Gasteiger partial charge in [-0.3, -0.25) is 9.98 Å². The predicted octanol–water partition coefficient (Wildman–Crippen LogP) is -2.57. The van der Waals surface area contributed by atoms with Crippen LogP contribution in [-0.4, -0.2) is 48.8 Å². The highest BCUT2D eigenvalue weighted by atomic mass is 32.1. The lowest BCUT2D eigenvalue weighted by Gasteiger charge is -2.17. The number of aliphatic hydroxyl groups excluding tert-OH is 3. The van der Waals surface area contributed by atoms with Gasteiger partial charge in [-0.15, -0.1) is 0 Å². The van der Waals surface area contributed by atoms with Gasteiger partial charge in [0.2, 0.25) is 0 Å². The average molecular weight is 275 g/mol. The molecular weight excluding hydrogens is 262 g/mol. The number of hydrogen-bond acceptors (Lipinski definition) is 7. The first-order valence-electron chi connectivity index (χ1n) is 5.18. The summed E-state index contributed by atoms with van der Waals surface area (Å²) in [4.78, 5) is 11.8. The first kappa shape index (κ1) is 13.3. The van der Waals surface area contributed by atoms with Crippen LogP contribution in [0.1, 0.15) is 6.23 Å². The van der Waals surface area contributed by atoms with E-state index in [1.54, 1.807) is 0 Å². The van der Waals surface area contributed by atoms with Crippen molar-refractivity contribution in [1.82, 2.24) is 8.54 Å². The predicted molar refractivity (Wildman–Crippen MR) is 61.9 cm³/mol. The zero-order chi connectivity index (χ0) is 13.4. The summed E-state index contributed by atoms with van der Waals surface area (Å²) < 4.78 is 6.98. The molecule has 18 heavy (non-hydrogen) atoms. The highest BCUT2D eigenvalue weighted by Crippen LogP contribution is 2.27. The molecule has 1 aliphatic rings. The molecule has 0 saturated carbocycles. The number of aliphatic hydroxyl groups is 3.